The van der Waals surface area contributed by atoms with Gasteiger partial charge in [0, 0.05) is 30.7 Å². The Morgan fingerprint density at radius 2 is 2.26 bits per heavy atom. The molecule has 100 valence electrons. The highest BCUT2D eigenvalue weighted by molar-refractivity contribution is 5.91. The maximum Gasteiger partial charge on any atom is 0.335 e. The standard InChI is InChI=1S/C14H17N3O2/c1-10(14(18)19)5-6-12-11(2)17(3)9-13(12)16-8-4-7-15/h4-9H,1,15H2,2-3H3,(H,18,19)/b6-5-,7-4-,16-8?. The van der Waals surface area contributed by atoms with Crippen molar-refractivity contribution in [3.8, 4) is 0 Å². The van der Waals surface area contributed by atoms with Gasteiger partial charge in [-0.1, -0.05) is 12.7 Å². The summed E-state index contributed by atoms with van der Waals surface area (Å²) in [6.07, 6.45) is 9.61. The van der Waals surface area contributed by atoms with E-state index < -0.39 is 5.97 Å². The van der Waals surface area contributed by atoms with Crippen LogP contribution in [-0.4, -0.2) is 21.9 Å². The lowest BCUT2D eigenvalue weighted by atomic mass is 10.1. The molecule has 0 unspecified atom stereocenters. The van der Waals surface area contributed by atoms with Crippen LogP contribution in [0.3, 0.4) is 0 Å². The molecule has 0 aliphatic rings. The SMILES string of the molecule is C=C(/C=C\c1c(N=C/C=C\N)cn(C)c1C)C(=O)O. The lowest BCUT2D eigenvalue weighted by Gasteiger charge is -1.97. The Labute approximate surface area is 112 Å². The highest BCUT2D eigenvalue weighted by Gasteiger charge is 2.07. The first kappa shape index (κ1) is 14.5. The number of aliphatic carboxylic acids is 1. The van der Waals surface area contributed by atoms with Gasteiger partial charge >= 0.3 is 5.97 Å². The normalized spacial score (nSPS) is 11.9. The van der Waals surface area contributed by atoms with Crippen LogP contribution in [0.4, 0.5) is 5.69 Å². The Kier molecular flexibility index (Phi) is 4.88. The Bertz CT molecular complexity index is 578. The average molecular weight is 259 g/mol. The van der Waals surface area contributed by atoms with E-state index in [0.29, 0.717) is 0 Å². The molecule has 0 fully saturated rings. The van der Waals surface area contributed by atoms with Gasteiger partial charge in [-0.3, -0.25) is 4.99 Å². The Morgan fingerprint density at radius 1 is 1.58 bits per heavy atom. The fourth-order valence-corrected chi connectivity index (χ4v) is 1.46. The molecule has 1 aromatic rings. The van der Waals surface area contributed by atoms with Gasteiger partial charge in [-0.25, -0.2) is 4.79 Å². The van der Waals surface area contributed by atoms with E-state index in [1.165, 1.54) is 12.3 Å². The van der Waals surface area contributed by atoms with Gasteiger partial charge in [0.25, 0.3) is 0 Å². The third-order valence-electron chi connectivity index (χ3n) is 2.65. The molecule has 0 saturated carbocycles. The first-order chi connectivity index (χ1) is 8.97. The van der Waals surface area contributed by atoms with Crippen molar-refractivity contribution in [2.45, 2.75) is 6.92 Å². The third-order valence-corrected chi connectivity index (χ3v) is 2.65. The molecule has 1 heterocycles. The second-order valence-corrected chi connectivity index (χ2v) is 3.95. The molecular formula is C14H17N3O2. The molecule has 19 heavy (non-hydrogen) atoms. The van der Waals surface area contributed by atoms with Gasteiger partial charge in [0.05, 0.1) is 11.3 Å². The van der Waals surface area contributed by atoms with Crippen LogP contribution in [0.25, 0.3) is 6.08 Å². The molecule has 5 heteroatoms. The summed E-state index contributed by atoms with van der Waals surface area (Å²) in [5, 5.41) is 8.77. The maximum atomic E-state index is 10.7. The molecule has 0 aliphatic heterocycles. The second kappa shape index (κ2) is 6.39. The number of nitrogens with two attached hydrogens (primary N) is 1. The highest BCUT2D eigenvalue weighted by Crippen LogP contribution is 2.26. The summed E-state index contributed by atoms with van der Waals surface area (Å²) in [6, 6.07) is 0. The van der Waals surface area contributed by atoms with E-state index in [9.17, 15) is 4.79 Å². The monoisotopic (exact) mass is 259 g/mol. The summed E-state index contributed by atoms with van der Waals surface area (Å²) >= 11 is 0. The second-order valence-electron chi connectivity index (χ2n) is 3.95. The number of rotatable bonds is 5. The number of hydrogen-bond acceptors (Lipinski definition) is 3. The molecule has 0 amide bonds. The first-order valence-electron chi connectivity index (χ1n) is 5.64. The lowest BCUT2D eigenvalue weighted by molar-refractivity contribution is -0.132. The molecule has 0 aromatic carbocycles. The minimum Gasteiger partial charge on any atom is -0.478 e. The van der Waals surface area contributed by atoms with Gasteiger partial charge < -0.3 is 15.4 Å². The number of hydrogen-bond donors (Lipinski definition) is 2. The zero-order valence-electron chi connectivity index (χ0n) is 11.0. The van der Waals surface area contributed by atoms with Crippen molar-refractivity contribution in [1.82, 2.24) is 4.57 Å². The van der Waals surface area contributed by atoms with Crippen LogP contribution in [-0.2, 0) is 11.8 Å². The molecule has 0 aliphatic carbocycles. The fourth-order valence-electron chi connectivity index (χ4n) is 1.46. The molecule has 0 spiro atoms. The lowest BCUT2D eigenvalue weighted by Crippen LogP contribution is -1.95. The van der Waals surface area contributed by atoms with Crippen molar-refractivity contribution in [1.29, 1.82) is 0 Å². The Hall–Kier alpha value is -2.56. The third kappa shape index (κ3) is 3.70. The maximum absolute atomic E-state index is 10.7. The van der Waals surface area contributed by atoms with Crippen molar-refractivity contribution in [2.75, 3.05) is 0 Å². The Morgan fingerprint density at radius 3 is 2.84 bits per heavy atom. The van der Waals surface area contributed by atoms with E-state index in [2.05, 4.69) is 11.6 Å². The summed E-state index contributed by atoms with van der Waals surface area (Å²) < 4.78 is 1.92. The molecule has 5 nitrogen and oxygen atoms in total. The fraction of sp³-hybridized carbons (Fsp3) is 0.143. The van der Waals surface area contributed by atoms with E-state index in [4.69, 9.17) is 10.8 Å². The van der Waals surface area contributed by atoms with Crippen molar-refractivity contribution in [3.63, 3.8) is 0 Å². The number of carbonyl (C=O) groups is 1. The van der Waals surface area contributed by atoms with E-state index >= 15 is 0 Å². The van der Waals surface area contributed by atoms with Crippen molar-refractivity contribution >= 4 is 23.9 Å². The van der Waals surface area contributed by atoms with Crippen LogP contribution in [0.2, 0.25) is 0 Å². The number of carboxylic acid groups (broad SMARTS) is 1. The summed E-state index contributed by atoms with van der Waals surface area (Å²) in [5.41, 5.74) is 7.84. The van der Waals surface area contributed by atoms with Gasteiger partial charge in [-0.15, -0.1) is 0 Å². The number of aliphatic imine (C=N–C) groups is 1. The van der Waals surface area contributed by atoms with E-state index in [0.717, 1.165) is 16.9 Å². The molecule has 1 rings (SSSR count). The minimum absolute atomic E-state index is 0.0278. The molecule has 0 saturated heterocycles. The molecule has 0 atom stereocenters. The summed E-state index contributed by atoms with van der Waals surface area (Å²) in [7, 11) is 1.90. The first-order valence-corrected chi connectivity index (χ1v) is 5.64. The van der Waals surface area contributed by atoms with Crippen LogP contribution in [0.1, 0.15) is 11.3 Å². The molecular weight excluding hydrogens is 242 g/mol. The number of aryl methyl sites for hydroxylation is 1. The van der Waals surface area contributed by atoms with Crippen LogP contribution in [0, 0.1) is 6.92 Å². The Balaban J connectivity index is 3.11. The van der Waals surface area contributed by atoms with Gasteiger partial charge in [-0.05, 0) is 25.3 Å². The molecule has 0 radical (unpaired) electrons. The van der Waals surface area contributed by atoms with E-state index in [1.807, 2.05) is 24.7 Å². The number of nitrogens with zero attached hydrogens (tertiary/aromatic N) is 2. The van der Waals surface area contributed by atoms with Crippen LogP contribution < -0.4 is 5.73 Å². The number of aromatic nitrogens is 1. The predicted molar refractivity (Wildman–Crippen MR) is 77.4 cm³/mol. The van der Waals surface area contributed by atoms with Crippen molar-refractivity contribution in [3.05, 3.63) is 48.0 Å². The van der Waals surface area contributed by atoms with Crippen LogP contribution in [0.5, 0.6) is 0 Å². The quantitative estimate of drug-likeness (QED) is 0.483. The summed E-state index contributed by atoms with van der Waals surface area (Å²) in [4.78, 5) is 15.0. The number of carboxylic acids is 1. The van der Waals surface area contributed by atoms with Crippen molar-refractivity contribution in [2.24, 2.45) is 17.8 Å². The zero-order valence-corrected chi connectivity index (χ0v) is 11.0. The van der Waals surface area contributed by atoms with Gasteiger partial charge in [0.15, 0.2) is 0 Å². The molecule has 1 aromatic heterocycles. The summed E-state index contributed by atoms with van der Waals surface area (Å²) in [5.74, 6) is -1.04. The predicted octanol–water partition coefficient (Wildman–Crippen LogP) is 2.16. The van der Waals surface area contributed by atoms with Gasteiger partial charge in [-0.2, -0.15) is 0 Å². The average Bonchev–Trinajstić information content (AvgIpc) is 2.63. The number of allylic oxidation sites excluding steroid dienone is 1. The van der Waals surface area contributed by atoms with Gasteiger partial charge in [0.2, 0.25) is 0 Å². The largest absolute Gasteiger partial charge is 0.478 e. The topological polar surface area (TPSA) is 80.6 Å². The van der Waals surface area contributed by atoms with Crippen LogP contribution >= 0.6 is 0 Å². The van der Waals surface area contributed by atoms with Gasteiger partial charge in [0.1, 0.15) is 0 Å². The highest BCUT2D eigenvalue weighted by atomic mass is 16.4. The molecule has 0 bridgehead atoms. The molecule has 3 N–H and O–H groups in total. The smallest absolute Gasteiger partial charge is 0.335 e. The summed E-state index contributed by atoms with van der Waals surface area (Å²) in [6.45, 7) is 5.38. The minimum atomic E-state index is -1.04. The zero-order chi connectivity index (χ0) is 14.4. The van der Waals surface area contributed by atoms with Crippen LogP contribution in [0.15, 0.2) is 41.7 Å². The van der Waals surface area contributed by atoms with Crippen molar-refractivity contribution < 1.29 is 9.90 Å². The van der Waals surface area contributed by atoms with E-state index in [-0.39, 0.29) is 5.57 Å². The van der Waals surface area contributed by atoms with E-state index in [1.54, 1.807) is 18.4 Å².